The van der Waals surface area contributed by atoms with E-state index in [2.05, 4.69) is 5.32 Å². The summed E-state index contributed by atoms with van der Waals surface area (Å²) in [6.07, 6.45) is 0. The van der Waals surface area contributed by atoms with Gasteiger partial charge in [0, 0.05) is 22.0 Å². The molecule has 2 aromatic carbocycles. The summed E-state index contributed by atoms with van der Waals surface area (Å²) in [5, 5.41) is 14.4. The van der Waals surface area contributed by atoms with Gasteiger partial charge in [-0.1, -0.05) is 41.9 Å². The van der Waals surface area contributed by atoms with Crippen LogP contribution in [-0.2, 0) is 11.3 Å². The van der Waals surface area contributed by atoms with E-state index in [0.29, 0.717) is 16.5 Å². The lowest BCUT2D eigenvalue weighted by atomic mass is 10.2. The maximum Gasteiger partial charge on any atom is 0.230 e. The van der Waals surface area contributed by atoms with Crippen LogP contribution in [0.4, 0.5) is 0 Å². The number of nitrogens with one attached hydrogen (secondary N) is 1. The van der Waals surface area contributed by atoms with E-state index in [9.17, 15) is 14.7 Å². The van der Waals surface area contributed by atoms with Gasteiger partial charge in [-0.3, -0.25) is 4.79 Å². The standard InChI is InChI=1S/C16H14ClNO3S/c17-12-7-5-11(6-8-12)9-18-15(19)10-22-14-4-2-1-3-13(14)16(20)21/h1-8H,9-10H2,(H,18,19)(H,20,21)/p-1. The quantitative estimate of drug-likeness (QED) is 0.821. The number of carbonyl (C=O) groups is 2. The van der Waals surface area contributed by atoms with Gasteiger partial charge in [0.2, 0.25) is 5.91 Å². The summed E-state index contributed by atoms with van der Waals surface area (Å²) >= 11 is 6.96. The molecular weight excluding hydrogens is 322 g/mol. The van der Waals surface area contributed by atoms with E-state index < -0.39 is 5.97 Å². The largest absolute Gasteiger partial charge is 0.545 e. The van der Waals surface area contributed by atoms with Crippen LogP contribution < -0.4 is 10.4 Å². The Labute approximate surface area is 137 Å². The summed E-state index contributed by atoms with van der Waals surface area (Å²) in [5.41, 5.74) is 1.04. The highest BCUT2D eigenvalue weighted by molar-refractivity contribution is 8.00. The highest BCUT2D eigenvalue weighted by Gasteiger charge is 2.07. The molecule has 0 aliphatic rings. The lowest BCUT2D eigenvalue weighted by molar-refractivity contribution is -0.255. The Hall–Kier alpha value is -1.98. The number of hydrogen-bond acceptors (Lipinski definition) is 4. The van der Waals surface area contributed by atoms with Crippen molar-refractivity contribution in [3.05, 3.63) is 64.7 Å². The average Bonchev–Trinajstić information content (AvgIpc) is 2.52. The van der Waals surface area contributed by atoms with Crippen LogP contribution >= 0.6 is 23.4 Å². The van der Waals surface area contributed by atoms with Crippen LogP contribution in [0.15, 0.2) is 53.4 Å². The van der Waals surface area contributed by atoms with Gasteiger partial charge >= 0.3 is 0 Å². The number of thioether (sulfide) groups is 1. The van der Waals surface area contributed by atoms with Gasteiger partial charge in [0.25, 0.3) is 0 Å². The molecule has 0 aliphatic carbocycles. The third kappa shape index (κ3) is 4.79. The highest BCUT2D eigenvalue weighted by Crippen LogP contribution is 2.21. The third-order valence-electron chi connectivity index (χ3n) is 2.87. The van der Waals surface area contributed by atoms with Crippen LogP contribution in [0, 0.1) is 0 Å². The maximum absolute atomic E-state index is 11.8. The zero-order valence-corrected chi connectivity index (χ0v) is 13.1. The van der Waals surface area contributed by atoms with Gasteiger partial charge in [0.05, 0.1) is 11.7 Å². The minimum absolute atomic E-state index is 0.0954. The molecule has 0 aliphatic heterocycles. The highest BCUT2D eigenvalue weighted by atomic mass is 35.5. The summed E-state index contributed by atoms with van der Waals surface area (Å²) in [6, 6.07) is 13.6. The zero-order valence-electron chi connectivity index (χ0n) is 11.5. The van der Waals surface area contributed by atoms with Gasteiger partial charge in [0.15, 0.2) is 0 Å². The first-order valence-corrected chi connectivity index (χ1v) is 7.87. The second-order valence-corrected chi connectivity index (χ2v) is 5.93. The van der Waals surface area contributed by atoms with Gasteiger partial charge in [-0.25, -0.2) is 0 Å². The fraction of sp³-hybridized carbons (Fsp3) is 0.125. The lowest BCUT2D eigenvalue weighted by Gasteiger charge is -2.10. The molecule has 0 radical (unpaired) electrons. The second kappa shape index (κ2) is 7.87. The number of carbonyl (C=O) groups excluding carboxylic acids is 2. The van der Waals surface area contributed by atoms with Crippen LogP contribution in [0.5, 0.6) is 0 Å². The third-order valence-corrected chi connectivity index (χ3v) is 4.19. The van der Waals surface area contributed by atoms with Crippen molar-refractivity contribution in [3.63, 3.8) is 0 Å². The predicted octanol–water partition coefficient (Wildman–Crippen LogP) is 2.11. The number of benzene rings is 2. The smallest absolute Gasteiger partial charge is 0.230 e. The van der Waals surface area contributed by atoms with Crippen molar-refractivity contribution in [2.24, 2.45) is 0 Å². The molecule has 22 heavy (non-hydrogen) atoms. The molecule has 0 bridgehead atoms. The molecule has 0 saturated carbocycles. The van der Waals surface area contributed by atoms with E-state index in [4.69, 9.17) is 11.6 Å². The van der Waals surface area contributed by atoms with E-state index in [0.717, 1.165) is 5.56 Å². The second-order valence-electron chi connectivity index (χ2n) is 4.48. The van der Waals surface area contributed by atoms with Crippen molar-refractivity contribution >= 4 is 35.2 Å². The van der Waals surface area contributed by atoms with Crippen molar-refractivity contribution < 1.29 is 14.7 Å². The average molecular weight is 335 g/mol. The Balaban J connectivity index is 1.85. The first kappa shape index (κ1) is 16.4. The van der Waals surface area contributed by atoms with Gasteiger partial charge < -0.3 is 15.2 Å². The van der Waals surface area contributed by atoms with Crippen molar-refractivity contribution in [1.82, 2.24) is 5.32 Å². The van der Waals surface area contributed by atoms with E-state index in [1.54, 1.807) is 30.3 Å². The maximum atomic E-state index is 11.8. The summed E-state index contributed by atoms with van der Waals surface area (Å²) in [4.78, 5) is 23.3. The predicted molar refractivity (Wildman–Crippen MR) is 84.8 cm³/mol. The number of rotatable bonds is 6. The molecule has 114 valence electrons. The molecule has 6 heteroatoms. The normalized spacial score (nSPS) is 10.2. The Morgan fingerprint density at radius 2 is 1.77 bits per heavy atom. The molecule has 1 amide bonds. The molecular formula is C16H13ClNO3S-. The van der Waals surface area contributed by atoms with Gasteiger partial charge in [0.1, 0.15) is 0 Å². The number of amides is 1. The molecule has 2 rings (SSSR count). The molecule has 1 N–H and O–H groups in total. The molecule has 0 fully saturated rings. The number of halogens is 1. The van der Waals surface area contributed by atoms with Crippen molar-refractivity contribution in [1.29, 1.82) is 0 Å². The molecule has 0 saturated heterocycles. The summed E-state index contributed by atoms with van der Waals surface area (Å²) in [6.45, 7) is 0.401. The van der Waals surface area contributed by atoms with Crippen molar-refractivity contribution in [2.75, 3.05) is 5.75 Å². The Morgan fingerprint density at radius 1 is 1.09 bits per heavy atom. The zero-order chi connectivity index (χ0) is 15.9. The molecule has 2 aromatic rings. The molecule has 0 spiro atoms. The first-order chi connectivity index (χ1) is 10.6. The van der Waals surface area contributed by atoms with Crippen LogP contribution in [0.1, 0.15) is 15.9 Å². The van der Waals surface area contributed by atoms with Crippen molar-refractivity contribution in [3.8, 4) is 0 Å². The Morgan fingerprint density at radius 3 is 2.45 bits per heavy atom. The molecule has 0 atom stereocenters. The Kier molecular flexibility index (Phi) is 5.86. The van der Waals surface area contributed by atoms with Crippen LogP contribution in [0.3, 0.4) is 0 Å². The number of hydrogen-bond donors (Lipinski definition) is 1. The monoisotopic (exact) mass is 334 g/mol. The molecule has 0 aromatic heterocycles. The summed E-state index contributed by atoms with van der Waals surface area (Å²) < 4.78 is 0. The molecule has 4 nitrogen and oxygen atoms in total. The van der Waals surface area contributed by atoms with Crippen LogP contribution in [-0.4, -0.2) is 17.6 Å². The summed E-state index contributed by atoms with van der Waals surface area (Å²) in [5.74, 6) is -1.28. The first-order valence-electron chi connectivity index (χ1n) is 6.50. The number of carboxylic acid groups (broad SMARTS) is 1. The number of carboxylic acids is 1. The minimum Gasteiger partial charge on any atom is -0.545 e. The molecule has 0 heterocycles. The fourth-order valence-corrected chi connectivity index (χ4v) is 2.75. The fourth-order valence-electron chi connectivity index (χ4n) is 1.76. The Bertz CT molecular complexity index is 673. The summed E-state index contributed by atoms with van der Waals surface area (Å²) in [7, 11) is 0. The van der Waals surface area contributed by atoms with Gasteiger partial charge in [-0.2, -0.15) is 0 Å². The topological polar surface area (TPSA) is 69.2 Å². The van der Waals surface area contributed by atoms with Gasteiger partial charge in [-0.05, 0) is 23.8 Å². The van der Waals surface area contributed by atoms with E-state index in [1.165, 1.54) is 17.8 Å². The van der Waals surface area contributed by atoms with Crippen LogP contribution in [0.25, 0.3) is 0 Å². The number of aromatic carboxylic acids is 1. The van der Waals surface area contributed by atoms with Gasteiger partial charge in [-0.15, -0.1) is 11.8 Å². The lowest BCUT2D eigenvalue weighted by Crippen LogP contribution is -2.25. The SMILES string of the molecule is O=C(CSc1ccccc1C(=O)[O-])NCc1ccc(Cl)cc1. The van der Waals surface area contributed by atoms with E-state index in [-0.39, 0.29) is 17.2 Å². The van der Waals surface area contributed by atoms with E-state index in [1.807, 2.05) is 12.1 Å². The minimum atomic E-state index is -1.25. The van der Waals surface area contributed by atoms with Crippen molar-refractivity contribution in [2.45, 2.75) is 11.4 Å². The van der Waals surface area contributed by atoms with Crippen LogP contribution in [0.2, 0.25) is 5.02 Å². The van der Waals surface area contributed by atoms with E-state index >= 15 is 0 Å². The molecule has 0 unspecified atom stereocenters.